The van der Waals surface area contributed by atoms with E-state index in [4.69, 9.17) is 9.72 Å². The molecule has 3 fully saturated rings. The number of likely N-dealkylation sites (N-methyl/N-ethyl adjacent to an activating group) is 1. The summed E-state index contributed by atoms with van der Waals surface area (Å²) in [6.07, 6.45) is 5.78. The van der Waals surface area contributed by atoms with Crippen molar-refractivity contribution in [2.24, 2.45) is 11.8 Å². The van der Waals surface area contributed by atoms with E-state index in [1.807, 2.05) is 24.3 Å². The summed E-state index contributed by atoms with van der Waals surface area (Å²) in [5.41, 5.74) is 0.740. The van der Waals surface area contributed by atoms with E-state index in [-0.39, 0.29) is 52.9 Å². The van der Waals surface area contributed by atoms with Crippen LogP contribution in [0.2, 0.25) is 0 Å². The molecule has 0 spiro atoms. The summed E-state index contributed by atoms with van der Waals surface area (Å²) >= 11 is 0. The summed E-state index contributed by atoms with van der Waals surface area (Å²) in [6, 6.07) is 11.1. The number of carbonyl (C=O) groups excluding carboxylic acids is 1. The molecule has 0 unspecified atom stereocenters. The van der Waals surface area contributed by atoms with Gasteiger partial charge in [-0.15, -0.1) is 0 Å². The van der Waals surface area contributed by atoms with E-state index in [9.17, 15) is 9.90 Å². The molecule has 4 aromatic rings. The number of piperidine rings is 1. The second kappa shape index (κ2) is 11.4. The Labute approximate surface area is 255 Å². The smallest absolute Gasteiger partial charge is 0.319 e. The van der Waals surface area contributed by atoms with E-state index in [1.54, 1.807) is 37.3 Å². The molecule has 1 saturated carbocycles. The van der Waals surface area contributed by atoms with Crippen LogP contribution in [0.1, 0.15) is 25.7 Å². The highest BCUT2D eigenvalue weighted by atomic mass is 19.1. The summed E-state index contributed by atoms with van der Waals surface area (Å²) in [4.78, 5) is 32.6. The van der Waals surface area contributed by atoms with Crippen molar-refractivity contribution in [3.63, 3.8) is 0 Å². The maximum Gasteiger partial charge on any atom is 0.319 e. The first-order valence-electron chi connectivity index (χ1n) is 15.4. The number of amides is 2. The van der Waals surface area contributed by atoms with Gasteiger partial charge >= 0.3 is 12.0 Å². The Bertz CT molecular complexity index is 1720. The van der Waals surface area contributed by atoms with Gasteiger partial charge in [0.25, 0.3) is 0 Å². The standard InChI is InChI=1S/C33H38FN7O3/c1-39(2)33(43)37-28-20-10-11-21(28)17-41(16-20)31-26-15-35-29(25-14-23(42)13-19-7-4-5-9-24(19)25)27(34)30(26)36-32(38-31)44-18-22-8-6-12-40(22)3/h4-5,7,9,13-15,20-22,28,42H,6,8,10-12,16-18H2,1-3H3,(H,37,43)/t20-,21+,22-,28-/m0/s1. The molecule has 4 heterocycles. The number of urea groups is 1. The number of aromatic nitrogens is 3. The number of phenolic OH excluding ortho intramolecular Hbond substituents is 1. The Hall–Kier alpha value is -4.25. The highest BCUT2D eigenvalue weighted by molar-refractivity contribution is 5.99. The molecule has 230 valence electrons. The molecule has 2 amide bonds. The molecule has 2 aliphatic heterocycles. The monoisotopic (exact) mass is 599 g/mol. The Balaban J connectivity index is 1.29. The van der Waals surface area contributed by atoms with Gasteiger partial charge in [0, 0.05) is 51.0 Å². The number of nitrogens with zero attached hydrogens (tertiary/aromatic N) is 6. The van der Waals surface area contributed by atoms with Crippen molar-refractivity contribution < 1.29 is 19.0 Å². The number of fused-ring (bicyclic) bond motifs is 4. The average Bonchev–Trinajstić information content (AvgIpc) is 3.52. The van der Waals surface area contributed by atoms with E-state index < -0.39 is 5.82 Å². The average molecular weight is 600 g/mol. The lowest BCUT2D eigenvalue weighted by Gasteiger charge is -2.39. The summed E-state index contributed by atoms with van der Waals surface area (Å²) in [6.45, 7) is 2.78. The SMILES string of the molecule is CN(C)C(=O)N[C@@H]1[C@@H]2CC[C@H]1CN(c1nc(OC[C@@H]3CCCN3C)nc3c(F)c(-c4cc(O)cc5ccccc45)ncc13)C2. The van der Waals surface area contributed by atoms with Gasteiger partial charge in [-0.25, -0.2) is 9.18 Å². The zero-order valence-electron chi connectivity index (χ0n) is 25.3. The number of likely N-dealkylation sites (tertiary alicyclic amines) is 1. The second-order valence-corrected chi connectivity index (χ2v) is 12.7. The third kappa shape index (κ3) is 5.12. The minimum atomic E-state index is -0.583. The van der Waals surface area contributed by atoms with E-state index in [0.717, 1.165) is 43.0 Å². The third-order valence-electron chi connectivity index (χ3n) is 9.65. The Morgan fingerprint density at radius 2 is 1.89 bits per heavy atom. The number of aromatic hydroxyl groups is 1. The van der Waals surface area contributed by atoms with E-state index >= 15 is 4.39 Å². The van der Waals surface area contributed by atoms with Gasteiger partial charge in [-0.1, -0.05) is 24.3 Å². The van der Waals surface area contributed by atoms with E-state index in [0.29, 0.717) is 36.5 Å². The van der Waals surface area contributed by atoms with Crippen molar-refractivity contribution in [1.29, 1.82) is 0 Å². The van der Waals surface area contributed by atoms with Crippen LogP contribution < -0.4 is 15.0 Å². The summed E-state index contributed by atoms with van der Waals surface area (Å²) in [5, 5.41) is 15.8. The van der Waals surface area contributed by atoms with Crippen molar-refractivity contribution in [2.75, 3.05) is 52.3 Å². The lowest BCUT2D eigenvalue weighted by molar-refractivity contribution is 0.188. The summed E-state index contributed by atoms with van der Waals surface area (Å²) in [7, 11) is 5.58. The van der Waals surface area contributed by atoms with Crippen LogP contribution in [0.5, 0.6) is 11.8 Å². The number of pyridine rings is 1. The quantitative estimate of drug-likeness (QED) is 0.330. The normalized spacial score (nSPS) is 23.4. The van der Waals surface area contributed by atoms with Crippen molar-refractivity contribution in [3.05, 3.63) is 48.4 Å². The van der Waals surface area contributed by atoms with Gasteiger partial charge in [0.2, 0.25) is 0 Å². The molecule has 3 aliphatic rings. The largest absolute Gasteiger partial charge is 0.508 e. The number of phenols is 1. The number of anilines is 1. The van der Waals surface area contributed by atoms with Crippen LogP contribution >= 0.6 is 0 Å². The van der Waals surface area contributed by atoms with Crippen molar-refractivity contribution in [2.45, 2.75) is 37.8 Å². The number of nitrogens with one attached hydrogen (secondary N) is 1. The van der Waals surface area contributed by atoms with Gasteiger partial charge in [-0.3, -0.25) is 4.98 Å². The predicted molar refractivity (Wildman–Crippen MR) is 167 cm³/mol. The molecule has 10 nitrogen and oxygen atoms in total. The maximum atomic E-state index is 16.6. The second-order valence-electron chi connectivity index (χ2n) is 12.7. The first-order valence-corrected chi connectivity index (χ1v) is 15.4. The number of halogens is 1. The first-order chi connectivity index (χ1) is 21.3. The molecule has 2 aromatic carbocycles. The van der Waals surface area contributed by atoms with Gasteiger partial charge in [-0.05, 0) is 74.0 Å². The molecular formula is C33H38FN7O3. The molecule has 7 rings (SSSR count). The molecule has 2 N–H and O–H groups in total. The Kier molecular flexibility index (Phi) is 7.36. The number of benzene rings is 2. The molecular weight excluding hydrogens is 561 g/mol. The van der Waals surface area contributed by atoms with Crippen LogP contribution in [0.15, 0.2) is 42.6 Å². The van der Waals surface area contributed by atoms with Crippen LogP contribution in [0, 0.1) is 17.7 Å². The number of ether oxygens (including phenoxy) is 1. The molecule has 2 aromatic heterocycles. The Morgan fingerprint density at radius 3 is 2.61 bits per heavy atom. The number of carbonyl (C=O) groups is 1. The molecule has 4 atom stereocenters. The molecule has 2 bridgehead atoms. The zero-order valence-corrected chi connectivity index (χ0v) is 25.3. The molecule has 11 heteroatoms. The van der Waals surface area contributed by atoms with Crippen molar-refractivity contribution in [1.82, 2.24) is 30.1 Å². The fourth-order valence-corrected chi connectivity index (χ4v) is 7.27. The summed E-state index contributed by atoms with van der Waals surface area (Å²) in [5.74, 6) is 0.538. The van der Waals surface area contributed by atoms with Crippen LogP contribution in [-0.2, 0) is 0 Å². The zero-order chi connectivity index (χ0) is 30.5. The topological polar surface area (TPSA) is 107 Å². The third-order valence-corrected chi connectivity index (χ3v) is 9.65. The first kappa shape index (κ1) is 28.5. The number of hydrogen-bond donors (Lipinski definition) is 2. The summed E-state index contributed by atoms with van der Waals surface area (Å²) < 4.78 is 22.8. The molecule has 44 heavy (non-hydrogen) atoms. The predicted octanol–water partition coefficient (Wildman–Crippen LogP) is 4.65. The van der Waals surface area contributed by atoms with E-state index in [2.05, 4.69) is 32.1 Å². The highest BCUT2D eigenvalue weighted by Gasteiger charge is 2.44. The van der Waals surface area contributed by atoms with Crippen LogP contribution in [0.3, 0.4) is 0 Å². The van der Waals surface area contributed by atoms with E-state index in [1.165, 1.54) is 0 Å². The van der Waals surface area contributed by atoms with Crippen molar-refractivity contribution >= 4 is 33.5 Å². The van der Waals surface area contributed by atoms with Crippen LogP contribution in [0.25, 0.3) is 32.9 Å². The Morgan fingerprint density at radius 1 is 1.11 bits per heavy atom. The van der Waals surface area contributed by atoms with Crippen LogP contribution in [-0.4, -0.2) is 95.4 Å². The maximum absolute atomic E-state index is 16.6. The van der Waals surface area contributed by atoms with Crippen molar-refractivity contribution in [3.8, 4) is 23.0 Å². The molecule has 0 radical (unpaired) electrons. The lowest BCUT2D eigenvalue weighted by atomic mass is 9.92. The minimum Gasteiger partial charge on any atom is -0.508 e. The molecule has 2 saturated heterocycles. The number of rotatable bonds is 6. The van der Waals surface area contributed by atoms with Gasteiger partial charge in [0.15, 0.2) is 5.82 Å². The van der Waals surface area contributed by atoms with Gasteiger partial charge < -0.3 is 29.9 Å². The fourth-order valence-electron chi connectivity index (χ4n) is 7.27. The fraction of sp³-hybridized carbons (Fsp3) is 0.455. The molecule has 1 aliphatic carbocycles. The van der Waals surface area contributed by atoms with Gasteiger partial charge in [0.1, 0.15) is 29.4 Å². The number of hydrogen-bond acceptors (Lipinski definition) is 8. The van der Waals surface area contributed by atoms with Gasteiger partial charge in [-0.2, -0.15) is 9.97 Å². The lowest BCUT2D eigenvalue weighted by Crippen LogP contribution is -2.54. The minimum absolute atomic E-state index is 0.0350. The highest BCUT2D eigenvalue weighted by Crippen LogP contribution is 2.41. The van der Waals surface area contributed by atoms with Crippen LogP contribution in [0.4, 0.5) is 15.0 Å². The van der Waals surface area contributed by atoms with Gasteiger partial charge in [0.05, 0.1) is 5.39 Å².